The minimum Gasteiger partial charge on any atom is -0.492 e. The normalized spacial score (nSPS) is 10.8. The highest BCUT2D eigenvalue weighted by Gasteiger charge is 2.15. The molecule has 26 heavy (non-hydrogen) atoms. The van der Waals surface area contributed by atoms with Gasteiger partial charge in [-0.05, 0) is 32.0 Å². The van der Waals surface area contributed by atoms with E-state index < -0.39 is 0 Å². The van der Waals surface area contributed by atoms with Crippen LogP contribution >= 0.6 is 11.8 Å². The van der Waals surface area contributed by atoms with Crippen molar-refractivity contribution in [3.8, 4) is 5.75 Å². The smallest absolute Gasteiger partial charge is 0.175 e. The summed E-state index contributed by atoms with van der Waals surface area (Å²) in [6.45, 7) is 3.91. The molecule has 3 rings (SSSR count). The molecule has 0 bridgehead atoms. The lowest BCUT2D eigenvalue weighted by atomic mass is 10.1. The summed E-state index contributed by atoms with van der Waals surface area (Å²) in [5, 5.41) is 0.974. The van der Waals surface area contributed by atoms with Gasteiger partial charge in [-0.1, -0.05) is 30.3 Å². The Morgan fingerprint density at radius 2 is 1.81 bits per heavy atom. The van der Waals surface area contributed by atoms with Gasteiger partial charge in [0.2, 0.25) is 0 Å². The molecule has 0 aliphatic heterocycles. The number of ether oxygens (including phenoxy) is 1. The summed E-state index contributed by atoms with van der Waals surface area (Å²) in [5.74, 6) is 1.78. The number of H-pyrrole nitrogens is 1. The lowest BCUT2D eigenvalue weighted by Crippen LogP contribution is -2.08. The van der Waals surface area contributed by atoms with Gasteiger partial charge in [0.05, 0.1) is 17.9 Å². The van der Waals surface area contributed by atoms with Gasteiger partial charge in [0.15, 0.2) is 11.6 Å². The second kappa shape index (κ2) is 8.23. The number of benzene rings is 2. The van der Waals surface area contributed by atoms with Crippen LogP contribution in [-0.4, -0.2) is 34.7 Å². The van der Waals surface area contributed by atoms with Gasteiger partial charge in [0.25, 0.3) is 0 Å². The van der Waals surface area contributed by atoms with Crippen molar-refractivity contribution in [3.05, 3.63) is 65.4 Å². The van der Waals surface area contributed by atoms with Crippen LogP contribution in [0.2, 0.25) is 0 Å². The third kappa shape index (κ3) is 3.99. The zero-order chi connectivity index (χ0) is 18.5. The topological polar surface area (TPSA) is 59.2 Å². The van der Waals surface area contributed by atoms with Crippen LogP contribution in [0, 0.1) is 6.92 Å². The number of rotatable bonds is 8. The molecule has 1 aromatic heterocycles. The van der Waals surface area contributed by atoms with Crippen LogP contribution in [0.3, 0.4) is 0 Å². The van der Waals surface area contributed by atoms with Gasteiger partial charge in [-0.3, -0.25) is 9.59 Å². The molecular formula is C21H21NO3S. The molecule has 5 heteroatoms. The third-order valence-corrected chi connectivity index (χ3v) is 5.08. The Morgan fingerprint density at radius 3 is 2.62 bits per heavy atom. The molecular weight excluding hydrogens is 346 g/mol. The van der Waals surface area contributed by atoms with E-state index in [2.05, 4.69) is 4.98 Å². The standard InChI is InChI=1S/C21H21NO3S/c1-14-21(17-8-3-5-9-18(17)22-14)19(24)13-26-12-11-25-20-10-6-4-7-16(20)15(2)23/h3-10,22H,11-13H2,1-2H3. The van der Waals surface area contributed by atoms with Crippen molar-refractivity contribution in [2.24, 2.45) is 0 Å². The molecule has 0 atom stereocenters. The maximum Gasteiger partial charge on any atom is 0.175 e. The number of carbonyl (C=O) groups is 2. The maximum atomic E-state index is 12.6. The molecule has 0 radical (unpaired) electrons. The SMILES string of the molecule is CC(=O)c1ccccc1OCCSCC(=O)c1c(C)[nH]c2ccccc12. The predicted molar refractivity (Wildman–Crippen MR) is 107 cm³/mol. The number of hydrogen-bond donors (Lipinski definition) is 1. The van der Waals surface area contributed by atoms with Crippen molar-refractivity contribution < 1.29 is 14.3 Å². The Labute approximate surface area is 156 Å². The fourth-order valence-electron chi connectivity index (χ4n) is 2.97. The van der Waals surface area contributed by atoms with Gasteiger partial charge in [0, 0.05) is 27.9 Å². The minimum absolute atomic E-state index is 0.0155. The first-order chi connectivity index (χ1) is 12.6. The molecule has 2 aromatic carbocycles. The molecule has 0 fully saturated rings. The van der Waals surface area contributed by atoms with Crippen molar-refractivity contribution in [2.75, 3.05) is 18.1 Å². The molecule has 134 valence electrons. The average Bonchev–Trinajstić information content (AvgIpc) is 2.97. The number of aromatic amines is 1. The molecule has 0 unspecified atom stereocenters. The van der Waals surface area contributed by atoms with E-state index in [0.717, 1.165) is 22.2 Å². The average molecular weight is 367 g/mol. The fraction of sp³-hybridized carbons (Fsp3) is 0.238. The van der Waals surface area contributed by atoms with Crippen LogP contribution in [0.4, 0.5) is 0 Å². The van der Waals surface area contributed by atoms with Gasteiger partial charge in [-0.15, -0.1) is 0 Å². The number of thioether (sulfide) groups is 1. The second-order valence-electron chi connectivity index (χ2n) is 6.05. The first kappa shape index (κ1) is 18.3. The molecule has 0 saturated heterocycles. The first-order valence-corrected chi connectivity index (χ1v) is 9.64. The summed E-state index contributed by atoms with van der Waals surface area (Å²) in [6.07, 6.45) is 0. The van der Waals surface area contributed by atoms with Gasteiger partial charge in [-0.2, -0.15) is 11.8 Å². The number of Topliss-reactive ketones (excluding diaryl/α,β-unsaturated/α-hetero) is 2. The highest BCUT2D eigenvalue weighted by atomic mass is 32.2. The van der Waals surface area contributed by atoms with Gasteiger partial charge < -0.3 is 9.72 Å². The Bertz CT molecular complexity index is 945. The Balaban J connectivity index is 1.53. The molecule has 0 aliphatic rings. The molecule has 0 amide bonds. The molecule has 0 spiro atoms. The Hall–Kier alpha value is -2.53. The number of ketones is 2. The van der Waals surface area contributed by atoms with Gasteiger partial charge in [-0.25, -0.2) is 0 Å². The van der Waals surface area contributed by atoms with Crippen molar-refractivity contribution in [2.45, 2.75) is 13.8 Å². The van der Waals surface area contributed by atoms with Crippen LogP contribution in [0.25, 0.3) is 10.9 Å². The van der Waals surface area contributed by atoms with Crippen molar-refractivity contribution in [1.82, 2.24) is 4.98 Å². The van der Waals surface area contributed by atoms with Crippen LogP contribution in [0.1, 0.15) is 33.3 Å². The van der Waals surface area contributed by atoms with E-state index in [1.165, 1.54) is 18.7 Å². The monoisotopic (exact) mass is 367 g/mol. The van der Waals surface area contributed by atoms with E-state index in [1.54, 1.807) is 12.1 Å². The number of fused-ring (bicyclic) bond motifs is 1. The molecule has 0 saturated carbocycles. The molecule has 3 aromatic rings. The van der Waals surface area contributed by atoms with E-state index in [0.29, 0.717) is 29.4 Å². The maximum absolute atomic E-state index is 12.6. The summed E-state index contributed by atoms with van der Waals surface area (Å²) in [5.41, 5.74) is 3.25. The zero-order valence-corrected chi connectivity index (χ0v) is 15.7. The van der Waals surface area contributed by atoms with E-state index in [-0.39, 0.29) is 11.6 Å². The van der Waals surface area contributed by atoms with Gasteiger partial charge in [0.1, 0.15) is 5.75 Å². The van der Waals surface area contributed by atoms with Crippen LogP contribution < -0.4 is 4.74 Å². The van der Waals surface area contributed by atoms with Crippen molar-refractivity contribution in [3.63, 3.8) is 0 Å². The van der Waals surface area contributed by atoms with Crippen molar-refractivity contribution in [1.29, 1.82) is 0 Å². The number of aryl methyl sites for hydroxylation is 1. The largest absolute Gasteiger partial charge is 0.492 e. The summed E-state index contributed by atoms with van der Waals surface area (Å²) < 4.78 is 5.71. The summed E-state index contributed by atoms with van der Waals surface area (Å²) in [7, 11) is 0. The van der Waals surface area contributed by atoms with E-state index >= 15 is 0 Å². The number of aromatic nitrogens is 1. The predicted octanol–water partition coefficient (Wildman–Crippen LogP) is 4.67. The molecule has 1 heterocycles. The minimum atomic E-state index is -0.0155. The molecule has 1 N–H and O–H groups in total. The summed E-state index contributed by atoms with van der Waals surface area (Å²) >= 11 is 1.54. The van der Waals surface area contributed by atoms with Crippen molar-refractivity contribution >= 4 is 34.2 Å². The lowest BCUT2D eigenvalue weighted by Gasteiger charge is -2.09. The van der Waals surface area contributed by atoms with Crippen LogP contribution in [0.5, 0.6) is 5.75 Å². The van der Waals surface area contributed by atoms with E-state index in [9.17, 15) is 9.59 Å². The quantitative estimate of drug-likeness (QED) is 0.464. The van der Waals surface area contributed by atoms with Crippen LogP contribution in [0.15, 0.2) is 48.5 Å². The van der Waals surface area contributed by atoms with Crippen LogP contribution in [-0.2, 0) is 0 Å². The second-order valence-corrected chi connectivity index (χ2v) is 7.15. The third-order valence-electron chi connectivity index (χ3n) is 4.16. The summed E-state index contributed by atoms with van der Waals surface area (Å²) in [6, 6.07) is 15.1. The number of nitrogens with one attached hydrogen (secondary N) is 1. The molecule has 4 nitrogen and oxygen atoms in total. The fourth-order valence-corrected chi connectivity index (χ4v) is 3.64. The number of hydrogen-bond acceptors (Lipinski definition) is 4. The van der Waals surface area contributed by atoms with Gasteiger partial charge >= 0.3 is 0 Å². The Kier molecular flexibility index (Phi) is 5.78. The lowest BCUT2D eigenvalue weighted by molar-refractivity contribution is 0.100. The molecule has 0 aliphatic carbocycles. The summed E-state index contributed by atoms with van der Waals surface area (Å²) in [4.78, 5) is 27.4. The highest BCUT2D eigenvalue weighted by Crippen LogP contribution is 2.24. The Morgan fingerprint density at radius 1 is 1.08 bits per heavy atom. The number of carbonyl (C=O) groups excluding carboxylic acids is 2. The van der Waals surface area contributed by atoms with E-state index in [1.807, 2.05) is 43.3 Å². The highest BCUT2D eigenvalue weighted by molar-refractivity contribution is 8.00. The number of para-hydroxylation sites is 2. The van der Waals surface area contributed by atoms with E-state index in [4.69, 9.17) is 4.74 Å². The first-order valence-electron chi connectivity index (χ1n) is 8.49. The zero-order valence-electron chi connectivity index (χ0n) is 14.9.